The van der Waals surface area contributed by atoms with Crippen LogP contribution in [0.15, 0.2) is 30.3 Å². The second-order valence-electron chi connectivity index (χ2n) is 5.44. The fourth-order valence-corrected chi connectivity index (χ4v) is 1.58. The first kappa shape index (κ1) is 15.2. The molecule has 0 spiro atoms. The molecule has 1 aromatic carbocycles. The van der Waals surface area contributed by atoms with Crippen LogP contribution in [0, 0.1) is 0 Å². The number of hydrogen-bond donors (Lipinski definition) is 1. The molecule has 4 heteroatoms. The summed E-state index contributed by atoms with van der Waals surface area (Å²) < 4.78 is 5.12. The van der Waals surface area contributed by atoms with Gasteiger partial charge in [0.15, 0.2) is 0 Å². The number of carbonyl (C=O) groups excluding carboxylic acids is 2. The lowest BCUT2D eigenvalue weighted by Crippen LogP contribution is -2.36. The van der Waals surface area contributed by atoms with Crippen LogP contribution in [0.1, 0.15) is 39.2 Å². The molecule has 0 saturated heterocycles. The van der Waals surface area contributed by atoms with Crippen LogP contribution in [0.3, 0.4) is 0 Å². The zero-order chi connectivity index (χ0) is 14.5. The Kier molecular flexibility index (Phi) is 5.10. The van der Waals surface area contributed by atoms with Crippen molar-refractivity contribution >= 4 is 11.9 Å². The van der Waals surface area contributed by atoms with Gasteiger partial charge in [-0.3, -0.25) is 9.59 Å². The first-order valence-corrected chi connectivity index (χ1v) is 6.34. The fraction of sp³-hybridized carbons (Fsp3) is 0.467. The smallest absolute Gasteiger partial charge is 0.325 e. The normalized spacial score (nSPS) is 12.6. The minimum atomic E-state index is -0.535. The largest absolute Gasteiger partial charge is 0.459 e. The molecule has 104 valence electrons. The highest BCUT2D eigenvalue weighted by Gasteiger charge is 2.19. The molecule has 1 rings (SSSR count). The average molecular weight is 263 g/mol. The van der Waals surface area contributed by atoms with E-state index in [1.165, 1.54) is 0 Å². The molecule has 0 unspecified atom stereocenters. The summed E-state index contributed by atoms with van der Waals surface area (Å²) in [6, 6.07) is 9.43. The van der Waals surface area contributed by atoms with Crippen LogP contribution in [0.5, 0.6) is 0 Å². The maximum absolute atomic E-state index is 11.9. The van der Waals surface area contributed by atoms with Gasteiger partial charge in [0.25, 0.3) is 0 Å². The van der Waals surface area contributed by atoms with E-state index in [0.29, 0.717) is 0 Å². The van der Waals surface area contributed by atoms with Gasteiger partial charge >= 0.3 is 5.97 Å². The molecule has 1 N–H and O–H groups in total. The van der Waals surface area contributed by atoms with E-state index in [1.54, 1.807) is 27.7 Å². The number of nitrogens with one attached hydrogen (secondary N) is 1. The number of benzene rings is 1. The summed E-state index contributed by atoms with van der Waals surface area (Å²) in [5.74, 6) is -0.901. The van der Waals surface area contributed by atoms with E-state index in [2.05, 4.69) is 5.32 Å². The molecule has 0 aromatic heterocycles. The van der Waals surface area contributed by atoms with Gasteiger partial charge in [0.1, 0.15) is 12.1 Å². The Morgan fingerprint density at radius 1 is 1.21 bits per heavy atom. The van der Waals surface area contributed by atoms with Crippen molar-refractivity contribution in [1.82, 2.24) is 5.32 Å². The Balaban J connectivity index is 2.46. The lowest BCUT2D eigenvalue weighted by molar-refractivity contribution is -0.154. The molecule has 0 aliphatic carbocycles. The SMILES string of the molecule is C[C@@H](C(=O)NCC(=O)OC(C)(C)C)c1ccccc1. The minimum Gasteiger partial charge on any atom is -0.459 e. The van der Waals surface area contributed by atoms with Crippen molar-refractivity contribution in [2.45, 2.75) is 39.2 Å². The molecule has 1 atom stereocenters. The van der Waals surface area contributed by atoms with Gasteiger partial charge in [0, 0.05) is 0 Å². The van der Waals surface area contributed by atoms with Crippen LogP contribution in [-0.2, 0) is 14.3 Å². The molecule has 0 bridgehead atoms. The lowest BCUT2D eigenvalue weighted by atomic mass is 10.0. The van der Waals surface area contributed by atoms with Crippen LogP contribution in [-0.4, -0.2) is 24.0 Å². The van der Waals surface area contributed by atoms with E-state index in [0.717, 1.165) is 5.56 Å². The standard InChI is InChI=1S/C15H21NO3/c1-11(12-8-6-5-7-9-12)14(18)16-10-13(17)19-15(2,3)4/h5-9,11H,10H2,1-4H3,(H,16,18)/t11-/m1/s1. The van der Waals surface area contributed by atoms with Crippen molar-refractivity contribution in [1.29, 1.82) is 0 Å². The summed E-state index contributed by atoms with van der Waals surface area (Å²) in [4.78, 5) is 23.4. The monoisotopic (exact) mass is 263 g/mol. The quantitative estimate of drug-likeness (QED) is 0.848. The van der Waals surface area contributed by atoms with Crippen LogP contribution in [0.4, 0.5) is 0 Å². The molecule has 1 aromatic rings. The number of carbonyl (C=O) groups is 2. The average Bonchev–Trinajstić information content (AvgIpc) is 2.34. The van der Waals surface area contributed by atoms with E-state index in [-0.39, 0.29) is 18.4 Å². The maximum Gasteiger partial charge on any atom is 0.325 e. The van der Waals surface area contributed by atoms with E-state index in [9.17, 15) is 9.59 Å². The number of rotatable bonds is 4. The summed E-state index contributed by atoms with van der Waals surface area (Å²) >= 11 is 0. The molecular formula is C15H21NO3. The first-order valence-electron chi connectivity index (χ1n) is 6.34. The number of amides is 1. The predicted molar refractivity (Wildman–Crippen MR) is 73.7 cm³/mol. The molecule has 0 aliphatic heterocycles. The Hall–Kier alpha value is -1.84. The zero-order valence-corrected chi connectivity index (χ0v) is 11.9. The molecule has 0 heterocycles. The van der Waals surface area contributed by atoms with Gasteiger partial charge in [-0.15, -0.1) is 0 Å². The van der Waals surface area contributed by atoms with Gasteiger partial charge in [0.2, 0.25) is 5.91 Å². The van der Waals surface area contributed by atoms with E-state index >= 15 is 0 Å². The van der Waals surface area contributed by atoms with Gasteiger partial charge < -0.3 is 10.1 Å². The second kappa shape index (κ2) is 6.36. The van der Waals surface area contributed by atoms with Gasteiger partial charge in [0.05, 0.1) is 5.92 Å². The highest BCUT2D eigenvalue weighted by atomic mass is 16.6. The van der Waals surface area contributed by atoms with Crippen molar-refractivity contribution in [3.8, 4) is 0 Å². The third-order valence-corrected chi connectivity index (χ3v) is 2.52. The number of esters is 1. The van der Waals surface area contributed by atoms with Crippen LogP contribution in [0.25, 0.3) is 0 Å². The molecular weight excluding hydrogens is 242 g/mol. The van der Waals surface area contributed by atoms with Gasteiger partial charge in [-0.2, -0.15) is 0 Å². The van der Waals surface area contributed by atoms with Gasteiger partial charge in [-0.25, -0.2) is 0 Å². The van der Waals surface area contributed by atoms with E-state index in [4.69, 9.17) is 4.74 Å². The third kappa shape index (κ3) is 5.55. The molecule has 0 aliphatic rings. The first-order chi connectivity index (χ1) is 8.79. The molecule has 4 nitrogen and oxygen atoms in total. The summed E-state index contributed by atoms with van der Waals surface area (Å²) in [6.45, 7) is 7.07. The second-order valence-corrected chi connectivity index (χ2v) is 5.44. The Bertz CT molecular complexity index is 434. The summed E-state index contributed by atoms with van der Waals surface area (Å²) in [5.41, 5.74) is 0.386. The molecule has 1 amide bonds. The topological polar surface area (TPSA) is 55.4 Å². The Morgan fingerprint density at radius 2 is 1.79 bits per heavy atom. The van der Waals surface area contributed by atoms with Crippen molar-refractivity contribution < 1.29 is 14.3 Å². The van der Waals surface area contributed by atoms with Gasteiger partial charge in [-0.1, -0.05) is 30.3 Å². The summed E-state index contributed by atoms with van der Waals surface area (Å²) in [6.07, 6.45) is 0. The van der Waals surface area contributed by atoms with E-state index in [1.807, 2.05) is 30.3 Å². The third-order valence-electron chi connectivity index (χ3n) is 2.52. The lowest BCUT2D eigenvalue weighted by Gasteiger charge is -2.20. The Labute approximate surface area is 114 Å². The van der Waals surface area contributed by atoms with Crippen molar-refractivity contribution in [2.24, 2.45) is 0 Å². The van der Waals surface area contributed by atoms with Crippen molar-refractivity contribution in [3.05, 3.63) is 35.9 Å². The fourth-order valence-electron chi connectivity index (χ4n) is 1.58. The summed E-state index contributed by atoms with van der Waals surface area (Å²) in [7, 11) is 0. The zero-order valence-electron chi connectivity index (χ0n) is 11.9. The van der Waals surface area contributed by atoms with Gasteiger partial charge in [-0.05, 0) is 33.3 Å². The number of hydrogen-bond acceptors (Lipinski definition) is 3. The van der Waals surface area contributed by atoms with Crippen LogP contribution < -0.4 is 5.32 Å². The van der Waals surface area contributed by atoms with Crippen molar-refractivity contribution in [2.75, 3.05) is 6.54 Å². The molecule has 0 saturated carbocycles. The number of ether oxygens (including phenoxy) is 1. The molecule has 19 heavy (non-hydrogen) atoms. The molecule has 0 radical (unpaired) electrons. The van der Waals surface area contributed by atoms with E-state index < -0.39 is 11.6 Å². The predicted octanol–water partition coefficient (Wildman–Crippen LogP) is 2.25. The molecule has 0 fully saturated rings. The Morgan fingerprint density at radius 3 is 2.32 bits per heavy atom. The van der Waals surface area contributed by atoms with Crippen LogP contribution >= 0.6 is 0 Å². The van der Waals surface area contributed by atoms with Crippen molar-refractivity contribution in [3.63, 3.8) is 0 Å². The minimum absolute atomic E-state index is 0.104. The summed E-state index contributed by atoms with van der Waals surface area (Å²) in [5, 5.41) is 2.59. The van der Waals surface area contributed by atoms with Crippen LogP contribution in [0.2, 0.25) is 0 Å². The highest BCUT2D eigenvalue weighted by Crippen LogP contribution is 2.14. The highest BCUT2D eigenvalue weighted by molar-refractivity contribution is 5.86. The maximum atomic E-state index is 11.9.